The van der Waals surface area contributed by atoms with Crippen LogP contribution in [0.5, 0.6) is 0 Å². The second kappa shape index (κ2) is 14.7. The van der Waals surface area contributed by atoms with Crippen molar-refractivity contribution >= 4 is 23.5 Å². The number of nitrogens with zero attached hydrogens (tertiary/aromatic N) is 3. The standard InChI is InChI=1S/C36H39N3O5S/c1-37(2)23-22-34(40)33-24-32(25-38(33)35(41)44-26-27-18-20-31(21-19-27)39(42)43)45-36(28-12-6-3-7-13-28,29-14-8-4-9-15-29)30-16-10-5-11-17-30/h3-21,32-34,40H,22-26H2,1-2H3/t32-,33-,34+/m0/s1. The first-order valence-corrected chi connectivity index (χ1v) is 16.0. The largest absolute Gasteiger partial charge is 0.445 e. The van der Waals surface area contributed by atoms with Crippen LogP contribution in [0.3, 0.4) is 0 Å². The minimum Gasteiger partial charge on any atom is -0.445 e. The Kier molecular flexibility index (Phi) is 10.5. The number of hydrogen-bond acceptors (Lipinski definition) is 7. The number of amides is 1. The number of hydrogen-bond donors (Lipinski definition) is 1. The molecule has 1 amide bonds. The van der Waals surface area contributed by atoms with E-state index in [1.807, 2.05) is 49.0 Å². The summed E-state index contributed by atoms with van der Waals surface area (Å²) in [5.74, 6) is 0. The van der Waals surface area contributed by atoms with E-state index in [-0.39, 0.29) is 17.5 Å². The third kappa shape index (κ3) is 7.56. The molecule has 234 valence electrons. The number of ether oxygens (including phenoxy) is 1. The van der Waals surface area contributed by atoms with Crippen LogP contribution in [-0.2, 0) is 16.1 Å². The smallest absolute Gasteiger partial charge is 0.410 e. The maximum atomic E-state index is 13.6. The second-order valence-electron chi connectivity index (χ2n) is 11.6. The van der Waals surface area contributed by atoms with Crippen LogP contribution < -0.4 is 0 Å². The molecule has 4 aromatic rings. The lowest BCUT2D eigenvalue weighted by molar-refractivity contribution is -0.384. The van der Waals surface area contributed by atoms with Crippen molar-refractivity contribution in [2.75, 3.05) is 27.2 Å². The number of likely N-dealkylation sites (tertiary alicyclic amines) is 1. The Balaban J connectivity index is 1.45. The minimum atomic E-state index is -0.732. The summed E-state index contributed by atoms with van der Waals surface area (Å²) in [7, 11) is 3.92. The normalized spacial score (nSPS) is 17.3. The van der Waals surface area contributed by atoms with E-state index >= 15 is 0 Å². The molecule has 0 bridgehead atoms. The summed E-state index contributed by atoms with van der Waals surface area (Å²) in [6.07, 6.45) is -0.123. The molecule has 1 fully saturated rings. The minimum absolute atomic E-state index is 0.0171. The monoisotopic (exact) mass is 625 g/mol. The summed E-state index contributed by atoms with van der Waals surface area (Å²) in [6.45, 7) is 1.07. The number of thioether (sulfide) groups is 1. The van der Waals surface area contributed by atoms with Crippen LogP contribution >= 0.6 is 11.8 Å². The highest BCUT2D eigenvalue weighted by Crippen LogP contribution is 2.52. The van der Waals surface area contributed by atoms with E-state index in [0.717, 1.165) is 16.7 Å². The zero-order valence-electron chi connectivity index (χ0n) is 25.6. The lowest BCUT2D eigenvalue weighted by Crippen LogP contribution is -2.44. The van der Waals surface area contributed by atoms with Gasteiger partial charge in [0.15, 0.2) is 0 Å². The molecule has 0 spiro atoms. The van der Waals surface area contributed by atoms with Crippen LogP contribution in [0.2, 0.25) is 0 Å². The molecule has 45 heavy (non-hydrogen) atoms. The van der Waals surface area contributed by atoms with Crippen LogP contribution in [-0.4, -0.2) is 70.5 Å². The number of aliphatic hydroxyl groups excluding tert-OH is 1. The number of benzene rings is 4. The van der Waals surface area contributed by atoms with Gasteiger partial charge in [0.25, 0.3) is 5.69 Å². The zero-order chi connectivity index (χ0) is 31.8. The first kappa shape index (κ1) is 32.2. The first-order valence-electron chi connectivity index (χ1n) is 15.1. The number of carbonyl (C=O) groups is 1. The Labute approximate surface area is 268 Å². The summed E-state index contributed by atoms with van der Waals surface area (Å²) in [5.41, 5.74) is 4.04. The van der Waals surface area contributed by atoms with E-state index < -0.39 is 27.9 Å². The van der Waals surface area contributed by atoms with Crippen molar-refractivity contribution in [3.8, 4) is 0 Å². The third-order valence-electron chi connectivity index (χ3n) is 8.25. The summed E-state index contributed by atoms with van der Waals surface area (Å²) in [4.78, 5) is 27.9. The topological polar surface area (TPSA) is 96.2 Å². The average Bonchev–Trinajstić information content (AvgIpc) is 3.50. The Hall–Kier alpha value is -4.18. The van der Waals surface area contributed by atoms with Crippen molar-refractivity contribution < 1.29 is 19.6 Å². The number of non-ortho nitro benzene ring substituents is 1. The Bertz CT molecular complexity index is 1440. The Morgan fingerprint density at radius 2 is 1.44 bits per heavy atom. The second-order valence-corrected chi connectivity index (χ2v) is 13.1. The van der Waals surface area contributed by atoms with Crippen molar-refractivity contribution in [2.24, 2.45) is 0 Å². The highest BCUT2D eigenvalue weighted by atomic mass is 32.2. The van der Waals surface area contributed by atoms with E-state index in [9.17, 15) is 20.0 Å². The molecule has 1 heterocycles. The molecule has 0 aliphatic carbocycles. The molecule has 1 aliphatic rings. The van der Waals surface area contributed by atoms with Gasteiger partial charge in [-0.2, -0.15) is 0 Å². The predicted molar refractivity (Wildman–Crippen MR) is 178 cm³/mol. The molecule has 9 heteroatoms. The summed E-state index contributed by atoms with van der Waals surface area (Å²) in [6, 6.07) is 36.9. The fraction of sp³-hybridized carbons (Fsp3) is 0.306. The maximum absolute atomic E-state index is 13.6. The number of carbonyl (C=O) groups excluding carboxylic acids is 1. The zero-order valence-corrected chi connectivity index (χ0v) is 26.4. The lowest BCUT2D eigenvalue weighted by atomic mass is 9.84. The van der Waals surface area contributed by atoms with Crippen LogP contribution in [0.25, 0.3) is 0 Å². The van der Waals surface area contributed by atoms with Gasteiger partial charge in [0.2, 0.25) is 0 Å². The molecule has 1 saturated heterocycles. The van der Waals surface area contributed by atoms with Gasteiger partial charge in [-0.05, 0) is 61.3 Å². The first-order chi connectivity index (χ1) is 21.8. The molecule has 0 saturated carbocycles. The SMILES string of the molecule is CN(C)CC[C@@H](O)[C@@H]1C[C@H](SC(c2ccccc2)(c2ccccc2)c2ccccc2)CN1C(=O)OCc1ccc([N+](=O)[O-])cc1. The quantitative estimate of drug-likeness (QED) is 0.106. The molecule has 0 unspecified atom stereocenters. The summed E-state index contributed by atoms with van der Waals surface area (Å²) >= 11 is 1.81. The Morgan fingerprint density at radius 1 is 0.933 bits per heavy atom. The van der Waals surface area contributed by atoms with Gasteiger partial charge in [0.1, 0.15) is 6.61 Å². The van der Waals surface area contributed by atoms with Crippen molar-refractivity contribution in [3.63, 3.8) is 0 Å². The van der Waals surface area contributed by atoms with Crippen LogP contribution in [0.1, 0.15) is 35.1 Å². The average molecular weight is 626 g/mol. The highest BCUT2D eigenvalue weighted by molar-refractivity contribution is 8.01. The third-order valence-corrected chi connectivity index (χ3v) is 9.99. The van der Waals surface area contributed by atoms with Crippen molar-refractivity contribution in [1.29, 1.82) is 0 Å². The number of nitro groups is 1. The van der Waals surface area contributed by atoms with Gasteiger partial charge >= 0.3 is 6.09 Å². The number of rotatable bonds is 12. The predicted octanol–water partition coefficient (Wildman–Crippen LogP) is 6.71. The van der Waals surface area contributed by atoms with Crippen LogP contribution in [0.4, 0.5) is 10.5 Å². The molecular weight excluding hydrogens is 586 g/mol. The maximum Gasteiger partial charge on any atom is 0.410 e. The lowest BCUT2D eigenvalue weighted by Gasteiger charge is -2.37. The van der Waals surface area contributed by atoms with Gasteiger partial charge in [0.05, 0.1) is 21.8 Å². The van der Waals surface area contributed by atoms with Gasteiger partial charge in [0, 0.05) is 30.5 Å². The fourth-order valence-electron chi connectivity index (χ4n) is 5.98. The fourth-order valence-corrected chi connectivity index (χ4v) is 7.83. The van der Waals surface area contributed by atoms with Crippen molar-refractivity contribution in [2.45, 2.75) is 41.6 Å². The van der Waals surface area contributed by atoms with E-state index in [1.54, 1.807) is 17.0 Å². The van der Waals surface area contributed by atoms with E-state index in [0.29, 0.717) is 31.5 Å². The van der Waals surface area contributed by atoms with Crippen LogP contribution in [0.15, 0.2) is 115 Å². The van der Waals surface area contributed by atoms with Gasteiger partial charge in [-0.25, -0.2) is 4.79 Å². The Morgan fingerprint density at radius 3 is 1.91 bits per heavy atom. The van der Waals surface area contributed by atoms with Gasteiger partial charge < -0.3 is 19.6 Å². The molecule has 1 aliphatic heterocycles. The molecule has 1 N–H and O–H groups in total. The molecule has 0 aromatic heterocycles. The molecule has 4 aromatic carbocycles. The molecule has 8 nitrogen and oxygen atoms in total. The molecular formula is C36H39N3O5S. The van der Waals surface area contributed by atoms with E-state index in [2.05, 4.69) is 72.8 Å². The van der Waals surface area contributed by atoms with Crippen molar-refractivity contribution in [3.05, 3.63) is 148 Å². The van der Waals surface area contributed by atoms with E-state index in [1.165, 1.54) is 12.1 Å². The number of nitro benzene ring substituents is 1. The van der Waals surface area contributed by atoms with Gasteiger partial charge in [-0.1, -0.05) is 91.0 Å². The highest BCUT2D eigenvalue weighted by Gasteiger charge is 2.46. The van der Waals surface area contributed by atoms with Crippen molar-refractivity contribution in [1.82, 2.24) is 9.80 Å². The van der Waals surface area contributed by atoms with E-state index in [4.69, 9.17) is 4.74 Å². The molecule has 0 radical (unpaired) electrons. The van der Waals surface area contributed by atoms with Crippen LogP contribution in [0, 0.1) is 10.1 Å². The summed E-state index contributed by atoms with van der Waals surface area (Å²) in [5, 5.41) is 22.4. The van der Waals surface area contributed by atoms with Gasteiger partial charge in [-0.15, -0.1) is 11.8 Å². The summed E-state index contributed by atoms with van der Waals surface area (Å²) < 4.78 is 5.17. The molecule has 3 atom stereocenters. The van der Waals surface area contributed by atoms with Gasteiger partial charge in [-0.3, -0.25) is 10.1 Å². The number of aliphatic hydroxyl groups is 1. The molecule has 5 rings (SSSR count).